The molecule has 0 amide bonds. The van der Waals surface area contributed by atoms with Gasteiger partial charge in [-0.25, -0.2) is 0 Å². The molecule has 20 rings (SSSR count). The van der Waals surface area contributed by atoms with Crippen LogP contribution in [0.15, 0.2) is 382 Å². The molecule has 8 heteroatoms. The molecular formula is C103H74Br4IN3. The average Bonchev–Trinajstić information content (AvgIpc) is 1.59. The Bertz CT molecular complexity index is 6340. The lowest BCUT2D eigenvalue weighted by Crippen LogP contribution is -2.16. The van der Waals surface area contributed by atoms with E-state index in [-0.39, 0.29) is 10.8 Å². The van der Waals surface area contributed by atoms with Gasteiger partial charge in [-0.2, -0.15) is 0 Å². The Labute approximate surface area is 697 Å². The highest BCUT2D eigenvalue weighted by Crippen LogP contribution is 2.53. The zero-order valence-electron chi connectivity index (χ0n) is 61.6. The zero-order chi connectivity index (χ0) is 75.7. The Hall–Kier alpha value is -10.4. The van der Waals surface area contributed by atoms with Gasteiger partial charge < -0.3 is 14.4 Å². The van der Waals surface area contributed by atoms with Crippen molar-refractivity contribution in [2.45, 2.75) is 44.9 Å². The van der Waals surface area contributed by atoms with E-state index in [1.807, 2.05) is 6.07 Å². The monoisotopic (exact) mass is 1800 g/mol. The molecule has 0 bridgehead atoms. The van der Waals surface area contributed by atoms with Crippen LogP contribution < -0.4 is 9.80 Å². The maximum atomic E-state index is 3.72. The van der Waals surface area contributed by atoms with Crippen molar-refractivity contribution in [2.75, 3.05) is 9.80 Å². The van der Waals surface area contributed by atoms with E-state index in [2.05, 4.69) is 486 Å². The molecular weight excluding hydrogens is 1730 g/mol. The van der Waals surface area contributed by atoms with Gasteiger partial charge in [0, 0.05) is 82.9 Å². The van der Waals surface area contributed by atoms with Gasteiger partial charge in [-0.15, -0.1) is 0 Å². The second kappa shape index (κ2) is 30.0. The molecule has 0 fully saturated rings. The van der Waals surface area contributed by atoms with Gasteiger partial charge in [0.15, 0.2) is 0 Å². The maximum absolute atomic E-state index is 3.72. The quantitative estimate of drug-likeness (QED) is 0.120. The molecule has 17 aromatic rings. The summed E-state index contributed by atoms with van der Waals surface area (Å²) in [5, 5.41) is 2.48. The molecule has 0 saturated heterocycles. The number of fused-ring (bicyclic) bond motifs is 12. The Kier molecular flexibility index (Phi) is 19.5. The number of nitrogens with zero attached hydrogens (tertiary/aromatic N) is 3. The number of hydrogen-bond acceptors (Lipinski definition) is 2. The lowest BCUT2D eigenvalue weighted by molar-refractivity contribution is 0.660. The third-order valence-corrected chi connectivity index (χ3v) is 24.9. The summed E-state index contributed by atoms with van der Waals surface area (Å²) in [5.41, 5.74) is 36.2. The molecule has 3 aliphatic rings. The van der Waals surface area contributed by atoms with Crippen molar-refractivity contribution in [3.63, 3.8) is 0 Å². The Balaban J connectivity index is 0.000000141. The summed E-state index contributed by atoms with van der Waals surface area (Å²) >= 11 is 16.5. The molecule has 0 unspecified atom stereocenters. The summed E-state index contributed by atoms with van der Waals surface area (Å²) in [4.78, 5) is 4.79. The van der Waals surface area contributed by atoms with E-state index in [4.69, 9.17) is 0 Å². The molecule has 3 aliphatic carbocycles. The molecule has 536 valence electrons. The van der Waals surface area contributed by atoms with Crippen LogP contribution in [0, 0.1) is 3.57 Å². The van der Waals surface area contributed by atoms with Gasteiger partial charge in [0.05, 0.1) is 11.0 Å². The van der Waals surface area contributed by atoms with Gasteiger partial charge in [0.25, 0.3) is 0 Å². The van der Waals surface area contributed by atoms with Crippen LogP contribution in [0.4, 0.5) is 34.1 Å². The van der Waals surface area contributed by atoms with Crippen molar-refractivity contribution in [3.05, 3.63) is 419 Å². The first-order valence-corrected chi connectivity index (χ1v) is 41.7. The van der Waals surface area contributed by atoms with Crippen LogP contribution in [0.1, 0.15) is 61.1 Å². The second-order valence-corrected chi connectivity index (χ2v) is 34.8. The van der Waals surface area contributed by atoms with E-state index in [9.17, 15) is 0 Å². The molecule has 1 heterocycles. The SMILES string of the molecule is Brc1cc(Br)cc(I)c1.CC1(C)c2ccccc2-c2ccc(N(c3ccc(-c4ccccc4)cc3)c3ccc(-c4ccc5c(c4)Cc4ccccc4-5)cc3)cc21.CC1(C)c2ccccc2-c2ccc(N(c3ccc(-c4ccccc4)cc3)c3ccc(-c4ccc5c6ccccc6n(-c6cc(Br)cc(Br)c6)c5c4)cc3)cc21. The Morgan fingerprint density at radius 2 is 0.604 bits per heavy atom. The largest absolute Gasteiger partial charge is 0.310 e. The molecule has 0 N–H and O–H groups in total. The van der Waals surface area contributed by atoms with Crippen molar-refractivity contribution in [2.24, 2.45) is 0 Å². The van der Waals surface area contributed by atoms with E-state index < -0.39 is 0 Å². The van der Waals surface area contributed by atoms with E-state index in [1.165, 1.54) is 142 Å². The number of rotatable bonds is 11. The lowest BCUT2D eigenvalue weighted by atomic mass is 9.82. The fraction of sp³-hybridized carbons (Fsp3) is 0.0680. The molecule has 3 nitrogen and oxygen atoms in total. The first kappa shape index (κ1) is 72.1. The highest BCUT2D eigenvalue weighted by Gasteiger charge is 2.37. The van der Waals surface area contributed by atoms with Crippen molar-refractivity contribution in [3.8, 4) is 83.6 Å². The Morgan fingerprint density at radius 3 is 1.09 bits per heavy atom. The van der Waals surface area contributed by atoms with Crippen LogP contribution in [-0.2, 0) is 17.3 Å². The summed E-state index contributed by atoms with van der Waals surface area (Å²) in [6, 6.07) is 133. The van der Waals surface area contributed by atoms with E-state index in [1.54, 1.807) is 0 Å². The van der Waals surface area contributed by atoms with E-state index in [0.717, 1.165) is 58.4 Å². The van der Waals surface area contributed by atoms with Crippen LogP contribution in [0.3, 0.4) is 0 Å². The predicted molar refractivity (Wildman–Crippen MR) is 492 cm³/mol. The molecule has 0 spiro atoms. The van der Waals surface area contributed by atoms with Crippen molar-refractivity contribution in [1.82, 2.24) is 4.57 Å². The molecule has 111 heavy (non-hydrogen) atoms. The highest BCUT2D eigenvalue weighted by molar-refractivity contribution is 14.1. The topological polar surface area (TPSA) is 11.4 Å². The van der Waals surface area contributed by atoms with Crippen molar-refractivity contribution in [1.29, 1.82) is 0 Å². The predicted octanol–water partition coefficient (Wildman–Crippen LogP) is 31.6. The third kappa shape index (κ3) is 13.9. The molecule has 16 aromatic carbocycles. The molecule has 0 atom stereocenters. The standard InChI is InChI=1S/C51H36Br2N2.C46H35N.C6H3Br2I/c1-51(2)47-14-8-6-12-43(47)44-27-25-41(32-48(44)51)54(39-21-16-34(17-22-39)33-10-4-3-5-11-33)40-23-18-35(19-24-40)36-20-26-46-45-13-7-9-15-49(45)55(50(46)28-36)42-30-37(52)29-38(53)31-42;1-46(2)44-15-9-8-14-42(44)43-27-25-39(30-45(43)46)47(37-21-16-32(17-22-37)31-10-4-3-5-11-31)38-23-18-33(19-24-38)34-20-26-41-36(28-34)29-35-12-6-7-13-40(35)41;7-4-1-5(8)3-6(9)2-4/h3-32H,1-2H3;3-28,30H,29H2,1-2H3;1-3H. The van der Waals surface area contributed by atoms with Gasteiger partial charge in [-0.05, 0) is 262 Å². The van der Waals surface area contributed by atoms with Gasteiger partial charge >= 0.3 is 0 Å². The normalized spacial score (nSPS) is 12.8. The minimum Gasteiger partial charge on any atom is -0.310 e. The minimum atomic E-state index is -0.0956. The van der Waals surface area contributed by atoms with Gasteiger partial charge in [0.1, 0.15) is 0 Å². The lowest BCUT2D eigenvalue weighted by Gasteiger charge is -2.28. The highest BCUT2D eigenvalue weighted by atomic mass is 127. The third-order valence-electron chi connectivity index (χ3n) is 22.4. The summed E-state index contributed by atoms with van der Waals surface area (Å²) in [5.74, 6) is 0. The number of benzene rings is 16. The molecule has 0 radical (unpaired) electrons. The Morgan fingerprint density at radius 1 is 0.261 bits per heavy atom. The smallest absolute Gasteiger partial charge is 0.0547 e. The first-order chi connectivity index (χ1) is 54.1. The zero-order valence-corrected chi connectivity index (χ0v) is 70.1. The summed E-state index contributed by atoms with van der Waals surface area (Å²) in [6.07, 6.45) is 1.00. The average molecular weight is 1800 g/mol. The van der Waals surface area contributed by atoms with E-state index in [0.29, 0.717) is 0 Å². The van der Waals surface area contributed by atoms with Crippen LogP contribution in [0.2, 0.25) is 0 Å². The van der Waals surface area contributed by atoms with Crippen LogP contribution in [0.5, 0.6) is 0 Å². The number of aromatic nitrogens is 1. The van der Waals surface area contributed by atoms with Crippen LogP contribution >= 0.6 is 86.3 Å². The van der Waals surface area contributed by atoms with Crippen LogP contribution in [-0.4, -0.2) is 4.57 Å². The molecule has 0 aliphatic heterocycles. The fourth-order valence-corrected chi connectivity index (χ4v) is 21.1. The summed E-state index contributed by atoms with van der Waals surface area (Å²) in [6.45, 7) is 9.40. The van der Waals surface area contributed by atoms with Gasteiger partial charge in [-0.1, -0.05) is 334 Å². The fourth-order valence-electron chi connectivity index (χ4n) is 17.0. The maximum Gasteiger partial charge on any atom is 0.0547 e. The van der Waals surface area contributed by atoms with Gasteiger partial charge in [-0.3, -0.25) is 0 Å². The molecule has 0 saturated carbocycles. The van der Waals surface area contributed by atoms with E-state index >= 15 is 0 Å². The number of hydrogen-bond donors (Lipinski definition) is 0. The summed E-state index contributed by atoms with van der Waals surface area (Å²) in [7, 11) is 0. The number of para-hydroxylation sites is 1. The molecule has 1 aromatic heterocycles. The first-order valence-electron chi connectivity index (χ1n) is 37.5. The van der Waals surface area contributed by atoms with Crippen molar-refractivity contribution < 1.29 is 0 Å². The number of halogens is 5. The summed E-state index contributed by atoms with van der Waals surface area (Å²) < 4.78 is 7.89. The van der Waals surface area contributed by atoms with Crippen molar-refractivity contribution >= 4 is 142 Å². The minimum absolute atomic E-state index is 0.0676. The second-order valence-electron chi connectivity index (χ2n) is 29.9. The number of anilines is 6. The van der Waals surface area contributed by atoms with Crippen LogP contribution in [0.25, 0.3) is 105 Å². The van der Waals surface area contributed by atoms with Gasteiger partial charge in [0.2, 0.25) is 0 Å².